The third-order valence-corrected chi connectivity index (χ3v) is 2.22. The molecule has 20 heavy (non-hydrogen) atoms. The van der Waals surface area contributed by atoms with E-state index in [-0.39, 0.29) is 161 Å². The first-order valence-electron chi connectivity index (χ1n) is 3.17. The van der Waals surface area contributed by atoms with E-state index in [1.807, 2.05) is 0 Å². The van der Waals surface area contributed by atoms with Crippen molar-refractivity contribution in [3.05, 3.63) is 0 Å². The minimum absolute atomic E-state index is 0. The number of hydrogen-bond acceptors (Lipinski definition) is 10. The van der Waals surface area contributed by atoms with E-state index in [1.165, 1.54) is 0 Å². The van der Waals surface area contributed by atoms with Crippen molar-refractivity contribution in [3.63, 3.8) is 0 Å². The number of aliphatic hydroxyl groups is 3. The van der Waals surface area contributed by atoms with Gasteiger partial charge in [0, 0.05) is 0 Å². The summed E-state index contributed by atoms with van der Waals surface area (Å²) in [5.41, 5.74) is 0. The molecule has 0 rings (SSSR count). The average molecular weight is 381 g/mol. The van der Waals surface area contributed by atoms with Crippen molar-refractivity contribution in [2.45, 2.75) is 6.10 Å². The van der Waals surface area contributed by atoms with Crippen molar-refractivity contribution in [2.75, 3.05) is 13.2 Å². The van der Waals surface area contributed by atoms with Crippen LogP contribution in [-0.2, 0) is 13.4 Å². The van der Waals surface area contributed by atoms with Crippen molar-refractivity contribution >= 4 is 15.6 Å². The normalized spacial score (nSPS) is 9.20. The Morgan fingerprint density at radius 1 is 0.800 bits per heavy atom. The van der Waals surface area contributed by atoms with Gasteiger partial charge in [-0.1, -0.05) is 0 Å². The van der Waals surface area contributed by atoms with Gasteiger partial charge in [-0.05, 0) is 0 Å². The van der Waals surface area contributed by atoms with Crippen LogP contribution in [-0.4, -0.2) is 34.6 Å². The second-order valence-electron chi connectivity index (χ2n) is 2.00. The Hall–Kier alpha value is 5.14. The maximum atomic E-state index is 9.32. The molecule has 0 aliphatic heterocycles. The largest absolute Gasteiger partial charge is 1.00 e. The van der Waals surface area contributed by atoms with Gasteiger partial charge in [0.25, 0.3) is 0 Å². The molecule has 3 N–H and O–H groups in total. The van der Waals surface area contributed by atoms with Crippen molar-refractivity contribution in [2.24, 2.45) is 0 Å². The van der Waals surface area contributed by atoms with Gasteiger partial charge in [0.15, 0.2) is 0 Å². The van der Waals surface area contributed by atoms with E-state index in [9.17, 15) is 28.7 Å². The van der Waals surface area contributed by atoms with Crippen LogP contribution in [0.2, 0.25) is 0 Å². The maximum absolute atomic E-state index is 9.32. The number of rotatable bonds is 4. The monoisotopic (exact) mass is 381 g/mol. The van der Waals surface area contributed by atoms with Crippen molar-refractivity contribution < 1.29 is 196 Å². The predicted molar refractivity (Wildman–Crippen MR) is 36.5 cm³/mol. The maximum Gasteiger partial charge on any atom is 1.00 e. The average Bonchev–Trinajstić information content (AvgIpc) is 1.97. The summed E-state index contributed by atoms with van der Waals surface area (Å²) >= 11 is 0. The molecular formula is C3H8Na5O10P2+. The van der Waals surface area contributed by atoms with Crippen LogP contribution in [0, 0.1) is 0 Å². The molecule has 0 aliphatic carbocycles. The minimum Gasteiger partial charge on any atom is -0.790 e. The molecule has 0 aromatic heterocycles. The van der Waals surface area contributed by atoms with Crippen LogP contribution in [0.1, 0.15) is 0 Å². The summed E-state index contributed by atoms with van der Waals surface area (Å²) in [5, 5.41) is 24.0. The standard InChI is InChI=1S/C3H8O3.5Na.H4O7P2/c4-1-3(6)2-5;;;;;;1-8(2,3)7-9(4,5)6/h3-6H,1-2H2;;;;;;(H2,1,2,3)(H2,4,5,6)/q;5*+1;/p-4. The van der Waals surface area contributed by atoms with E-state index in [2.05, 4.69) is 4.31 Å². The van der Waals surface area contributed by atoms with Crippen LogP contribution in [0.25, 0.3) is 0 Å². The van der Waals surface area contributed by atoms with Crippen LogP contribution in [0.5, 0.6) is 0 Å². The Bertz CT molecular complexity index is 231. The third kappa shape index (κ3) is 49.5. The molecule has 0 aromatic rings. The van der Waals surface area contributed by atoms with Gasteiger partial charge in [-0.15, -0.1) is 0 Å². The van der Waals surface area contributed by atoms with Crippen molar-refractivity contribution in [1.82, 2.24) is 0 Å². The molecule has 0 unspecified atom stereocenters. The number of hydrogen-bond donors (Lipinski definition) is 3. The van der Waals surface area contributed by atoms with Gasteiger partial charge in [-0.25, -0.2) is 0 Å². The van der Waals surface area contributed by atoms with E-state index in [0.717, 1.165) is 0 Å². The smallest absolute Gasteiger partial charge is 0.790 e. The van der Waals surface area contributed by atoms with Gasteiger partial charge in [0.2, 0.25) is 0 Å². The summed E-state index contributed by atoms with van der Waals surface area (Å²) in [7, 11) is -11.4. The molecule has 17 heteroatoms. The van der Waals surface area contributed by atoms with Crippen LogP contribution in [0.15, 0.2) is 0 Å². The van der Waals surface area contributed by atoms with E-state index in [0.29, 0.717) is 0 Å². The summed E-state index contributed by atoms with van der Waals surface area (Å²) in [5.74, 6) is 0. The Morgan fingerprint density at radius 3 is 1.00 bits per heavy atom. The number of phosphoric acid groups is 2. The molecule has 0 radical (unpaired) electrons. The minimum atomic E-state index is -5.68. The fourth-order valence-electron chi connectivity index (χ4n) is 0.180. The summed E-state index contributed by atoms with van der Waals surface area (Å²) < 4.78 is 21.2. The van der Waals surface area contributed by atoms with Gasteiger partial charge < -0.3 is 48.3 Å². The SMILES string of the molecule is O=P([O-])([O-])OP(=O)([O-])[O-].OCC(O)CO.[Na+].[Na+].[Na+].[Na+].[Na+]. The van der Waals surface area contributed by atoms with E-state index in [4.69, 9.17) is 15.3 Å². The molecule has 10 nitrogen and oxygen atoms in total. The summed E-state index contributed by atoms with van der Waals surface area (Å²) in [4.78, 5) is 37.3. The first-order valence-corrected chi connectivity index (χ1v) is 6.09. The van der Waals surface area contributed by atoms with Crippen LogP contribution in [0.4, 0.5) is 0 Å². The molecule has 0 saturated heterocycles. The fourth-order valence-corrected chi connectivity index (χ4v) is 1.16. The summed E-state index contributed by atoms with van der Waals surface area (Å²) in [6, 6.07) is 0. The van der Waals surface area contributed by atoms with Gasteiger partial charge in [0.1, 0.15) is 6.10 Å². The van der Waals surface area contributed by atoms with Crippen molar-refractivity contribution in [1.29, 1.82) is 0 Å². The molecule has 94 valence electrons. The topological polar surface area (TPSA) is 196 Å². The molecule has 0 heterocycles. The number of aliphatic hydroxyl groups excluding tert-OH is 3. The second-order valence-corrected chi connectivity index (χ2v) is 4.44. The molecule has 0 bridgehead atoms. The molecule has 0 atom stereocenters. The first kappa shape index (κ1) is 44.5. The second kappa shape index (κ2) is 24.1. The first-order chi connectivity index (χ1) is 6.52. The van der Waals surface area contributed by atoms with Crippen LogP contribution >= 0.6 is 15.6 Å². The molecule has 0 fully saturated rings. The Labute approximate surface area is 226 Å². The van der Waals surface area contributed by atoms with Gasteiger partial charge in [-0.2, -0.15) is 0 Å². The van der Waals surface area contributed by atoms with Gasteiger partial charge in [-0.3, -0.25) is 0 Å². The van der Waals surface area contributed by atoms with E-state index in [1.54, 1.807) is 0 Å². The summed E-state index contributed by atoms with van der Waals surface area (Å²) in [6.07, 6.45) is -0.954. The fraction of sp³-hybridized carbons (Fsp3) is 1.00. The zero-order chi connectivity index (χ0) is 12.7. The molecule has 0 saturated carbocycles. The third-order valence-electron chi connectivity index (χ3n) is 0.621. The van der Waals surface area contributed by atoms with E-state index >= 15 is 0 Å². The Kier molecular flexibility index (Phi) is 53.7. The molecule has 0 aromatic carbocycles. The Morgan fingerprint density at radius 2 is 1.00 bits per heavy atom. The van der Waals surface area contributed by atoms with Crippen LogP contribution < -0.4 is 167 Å². The zero-order valence-corrected chi connectivity index (χ0v) is 23.9. The Balaban J connectivity index is -0.0000000282. The van der Waals surface area contributed by atoms with Gasteiger partial charge >= 0.3 is 148 Å². The van der Waals surface area contributed by atoms with Crippen LogP contribution in [0.3, 0.4) is 0 Å². The zero-order valence-electron chi connectivity index (χ0n) is 12.1. The molecular weight excluding hydrogens is 373 g/mol. The molecule has 0 aliphatic rings. The van der Waals surface area contributed by atoms with Gasteiger partial charge in [0.05, 0.1) is 28.9 Å². The quantitative estimate of drug-likeness (QED) is 0.311. The van der Waals surface area contributed by atoms with Crippen molar-refractivity contribution in [3.8, 4) is 0 Å². The predicted octanol–water partition coefficient (Wildman–Crippen LogP) is -20.0. The molecule has 0 spiro atoms. The summed E-state index contributed by atoms with van der Waals surface area (Å²) in [6.45, 7) is -0.729. The molecule has 0 amide bonds. The van der Waals surface area contributed by atoms with E-state index < -0.39 is 21.7 Å².